The van der Waals surface area contributed by atoms with E-state index in [1.54, 1.807) is 14.2 Å². The lowest BCUT2D eigenvalue weighted by Gasteiger charge is -2.40. The monoisotopic (exact) mass is 587 g/mol. The topological polar surface area (TPSA) is 71.1 Å². The molecule has 2 fully saturated rings. The van der Waals surface area contributed by atoms with Gasteiger partial charge in [-0.25, -0.2) is 4.39 Å². The quantitative estimate of drug-likeness (QED) is 0.300. The summed E-state index contributed by atoms with van der Waals surface area (Å²) in [5.41, 5.74) is 3.61. The zero-order valence-electron chi connectivity index (χ0n) is 25.2. The maximum Gasteiger partial charge on any atom is 0.251 e. The van der Waals surface area contributed by atoms with Gasteiger partial charge in [-0.05, 0) is 78.8 Å². The smallest absolute Gasteiger partial charge is 0.251 e. The van der Waals surface area contributed by atoms with Crippen molar-refractivity contribution in [3.8, 4) is 11.5 Å². The first kappa shape index (κ1) is 30.5. The highest BCUT2D eigenvalue weighted by Crippen LogP contribution is 2.30. The third-order valence-electron chi connectivity index (χ3n) is 8.77. The van der Waals surface area contributed by atoms with E-state index < -0.39 is 0 Å². The molecule has 0 unspecified atom stereocenters. The molecule has 1 aliphatic carbocycles. The van der Waals surface area contributed by atoms with Crippen LogP contribution in [0.3, 0.4) is 0 Å². The summed E-state index contributed by atoms with van der Waals surface area (Å²) in [6.45, 7) is 3.50. The second-order valence-electron chi connectivity index (χ2n) is 11.7. The molecule has 0 radical (unpaired) electrons. The van der Waals surface area contributed by atoms with Crippen LogP contribution in [0.5, 0.6) is 11.5 Å². The number of rotatable bonds is 11. The number of benzene rings is 3. The van der Waals surface area contributed by atoms with E-state index in [1.807, 2.05) is 54.6 Å². The van der Waals surface area contributed by atoms with Crippen LogP contribution in [-0.4, -0.2) is 55.0 Å². The number of hydrogen-bond donors (Lipinski definition) is 1. The summed E-state index contributed by atoms with van der Waals surface area (Å²) in [7, 11) is 3.18. The van der Waals surface area contributed by atoms with Gasteiger partial charge in [0, 0.05) is 50.2 Å². The van der Waals surface area contributed by atoms with Crippen LogP contribution in [0.4, 0.5) is 4.39 Å². The molecule has 0 atom stereocenters. The van der Waals surface area contributed by atoms with Gasteiger partial charge in [-0.3, -0.25) is 14.5 Å². The molecule has 43 heavy (non-hydrogen) atoms. The van der Waals surface area contributed by atoms with Gasteiger partial charge in [0.2, 0.25) is 5.91 Å². The fourth-order valence-electron chi connectivity index (χ4n) is 6.26. The Hall–Kier alpha value is -3.91. The lowest BCUT2D eigenvalue weighted by molar-refractivity contribution is -0.139. The van der Waals surface area contributed by atoms with E-state index in [1.165, 1.54) is 12.1 Å². The minimum absolute atomic E-state index is 0.110. The number of nitrogens with one attached hydrogen (secondary N) is 1. The summed E-state index contributed by atoms with van der Waals surface area (Å²) in [5, 5.41) is 2.97. The molecule has 8 heteroatoms. The summed E-state index contributed by atoms with van der Waals surface area (Å²) in [6, 6.07) is 20.1. The minimum Gasteiger partial charge on any atom is -0.493 e. The van der Waals surface area contributed by atoms with Crippen LogP contribution in [0.2, 0.25) is 0 Å². The highest BCUT2D eigenvalue weighted by atomic mass is 19.1. The summed E-state index contributed by atoms with van der Waals surface area (Å²) in [4.78, 5) is 31.1. The van der Waals surface area contributed by atoms with Gasteiger partial charge < -0.3 is 19.7 Å². The van der Waals surface area contributed by atoms with Gasteiger partial charge >= 0.3 is 0 Å². The van der Waals surface area contributed by atoms with Gasteiger partial charge in [-0.2, -0.15) is 0 Å². The molecule has 5 rings (SSSR count). The number of hydrogen-bond acceptors (Lipinski definition) is 5. The molecule has 3 aromatic rings. The minimum atomic E-state index is -0.216. The van der Waals surface area contributed by atoms with Crippen molar-refractivity contribution >= 4 is 11.8 Å². The molecule has 1 aliphatic heterocycles. The van der Waals surface area contributed by atoms with Crippen LogP contribution in [0.25, 0.3) is 0 Å². The van der Waals surface area contributed by atoms with Gasteiger partial charge in [0.05, 0.1) is 14.2 Å². The Morgan fingerprint density at radius 1 is 0.837 bits per heavy atom. The molecule has 2 aliphatic rings. The standard InChI is InChI=1S/C35H42FN3O4/c1-42-32-16-11-27(21-33(32)43-2)22-37-34(40)28-12-7-26(8-13-28)24-39(35(41)29-5-3-4-6-29)31-17-19-38(20-18-31)23-25-9-14-30(36)15-10-25/h7-16,21,29,31H,3-6,17-20,22-24H2,1-2H3,(H,37,40). The lowest BCUT2D eigenvalue weighted by Crippen LogP contribution is -2.48. The van der Waals surface area contributed by atoms with Gasteiger partial charge in [0.1, 0.15) is 5.82 Å². The van der Waals surface area contributed by atoms with E-state index in [-0.39, 0.29) is 29.6 Å². The Labute approximate surface area is 254 Å². The molecule has 0 aromatic heterocycles. The number of halogens is 1. The largest absolute Gasteiger partial charge is 0.493 e. The molecule has 1 N–H and O–H groups in total. The summed E-state index contributed by atoms with van der Waals surface area (Å²) >= 11 is 0. The van der Waals surface area contributed by atoms with E-state index in [0.717, 1.165) is 74.8 Å². The zero-order valence-corrected chi connectivity index (χ0v) is 25.2. The van der Waals surface area contributed by atoms with E-state index in [4.69, 9.17) is 9.47 Å². The predicted molar refractivity (Wildman–Crippen MR) is 164 cm³/mol. The third kappa shape index (κ3) is 7.93. The van der Waals surface area contributed by atoms with E-state index in [0.29, 0.717) is 30.2 Å². The van der Waals surface area contributed by atoms with Crippen LogP contribution >= 0.6 is 0 Å². The Kier molecular flexibility index (Phi) is 10.3. The fourth-order valence-corrected chi connectivity index (χ4v) is 6.26. The molecule has 0 spiro atoms. The van der Waals surface area contributed by atoms with E-state index in [2.05, 4.69) is 15.1 Å². The molecular formula is C35H42FN3O4. The van der Waals surface area contributed by atoms with Crippen molar-refractivity contribution in [2.75, 3.05) is 27.3 Å². The molecule has 228 valence electrons. The van der Waals surface area contributed by atoms with Crippen molar-refractivity contribution in [3.05, 3.63) is 94.8 Å². The first-order valence-electron chi connectivity index (χ1n) is 15.3. The number of methoxy groups -OCH3 is 2. The molecule has 1 heterocycles. The molecule has 2 amide bonds. The molecule has 1 saturated carbocycles. The number of piperidine rings is 1. The van der Waals surface area contributed by atoms with Crippen molar-refractivity contribution in [2.24, 2.45) is 5.92 Å². The van der Waals surface area contributed by atoms with Crippen molar-refractivity contribution < 1.29 is 23.5 Å². The van der Waals surface area contributed by atoms with Gasteiger partial charge in [-0.15, -0.1) is 0 Å². The average molecular weight is 588 g/mol. The average Bonchev–Trinajstić information content (AvgIpc) is 3.59. The Morgan fingerprint density at radius 3 is 2.12 bits per heavy atom. The van der Waals surface area contributed by atoms with Gasteiger partial charge in [0.25, 0.3) is 5.91 Å². The third-order valence-corrected chi connectivity index (χ3v) is 8.77. The van der Waals surface area contributed by atoms with Crippen molar-refractivity contribution in [2.45, 2.75) is 64.2 Å². The molecule has 7 nitrogen and oxygen atoms in total. The van der Waals surface area contributed by atoms with Crippen molar-refractivity contribution in [1.29, 1.82) is 0 Å². The van der Waals surface area contributed by atoms with E-state index in [9.17, 15) is 14.0 Å². The predicted octanol–water partition coefficient (Wildman–Crippen LogP) is 5.96. The first-order valence-corrected chi connectivity index (χ1v) is 15.3. The van der Waals surface area contributed by atoms with Crippen LogP contribution < -0.4 is 14.8 Å². The number of likely N-dealkylation sites (tertiary alicyclic amines) is 1. The van der Waals surface area contributed by atoms with Crippen molar-refractivity contribution in [1.82, 2.24) is 15.1 Å². The normalized spacial score (nSPS) is 16.2. The number of carbonyl (C=O) groups is 2. The first-order chi connectivity index (χ1) is 20.9. The maximum atomic E-state index is 13.7. The highest BCUT2D eigenvalue weighted by molar-refractivity contribution is 5.94. The second-order valence-corrected chi connectivity index (χ2v) is 11.7. The Bertz CT molecular complexity index is 1360. The number of carbonyl (C=O) groups excluding carboxylic acids is 2. The summed E-state index contributed by atoms with van der Waals surface area (Å²) < 4.78 is 24.0. The van der Waals surface area contributed by atoms with Gasteiger partial charge in [0.15, 0.2) is 11.5 Å². The van der Waals surface area contributed by atoms with E-state index >= 15 is 0 Å². The Morgan fingerprint density at radius 2 is 1.47 bits per heavy atom. The van der Waals surface area contributed by atoms with Crippen LogP contribution in [0.1, 0.15) is 65.6 Å². The lowest BCUT2D eigenvalue weighted by atomic mass is 9.98. The molecule has 1 saturated heterocycles. The number of nitrogens with zero attached hydrogens (tertiary/aromatic N) is 2. The summed E-state index contributed by atoms with van der Waals surface area (Å²) in [6.07, 6.45) is 6.00. The molecular weight excluding hydrogens is 545 g/mol. The summed E-state index contributed by atoms with van der Waals surface area (Å²) in [5.74, 6) is 1.27. The SMILES string of the molecule is COc1ccc(CNC(=O)c2ccc(CN(C(=O)C3CCCC3)C3CCN(Cc4ccc(F)cc4)CC3)cc2)cc1OC. The number of amides is 2. The highest BCUT2D eigenvalue weighted by Gasteiger charge is 2.33. The number of ether oxygens (including phenoxy) is 2. The van der Waals surface area contributed by atoms with Crippen LogP contribution in [-0.2, 0) is 24.4 Å². The second kappa shape index (κ2) is 14.5. The van der Waals surface area contributed by atoms with Crippen LogP contribution in [0.15, 0.2) is 66.7 Å². The van der Waals surface area contributed by atoms with Crippen LogP contribution in [0, 0.1) is 11.7 Å². The van der Waals surface area contributed by atoms with Gasteiger partial charge in [-0.1, -0.05) is 43.2 Å². The fraction of sp³-hybridized carbons (Fsp3) is 0.429. The molecule has 0 bridgehead atoms. The maximum absolute atomic E-state index is 13.7. The zero-order chi connectivity index (χ0) is 30.2. The van der Waals surface area contributed by atoms with Crippen molar-refractivity contribution in [3.63, 3.8) is 0 Å². The Balaban J connectivity index is 1.19. The molecule has 3 aromatic carbocycles.